The van der Waals surface area contributed by atoms with Gasteiger partial charge in [-0.15, -0.1) is 0 Å². The van der Waals surface area contributed by atoms with Crippen molar-refractivity contribution in [3.05, 3.63) is 12.2 Å². The molecule has 64 valence electrons. The monoisotopic (exact) mass is 169 g/mol. The van der Waals surface area contributed by atoms with Crippen molar-refractivity contribution < 1.29 is 0 Å². The highest BCUT2D eigenvalue weighted by atomic mass is 14.9. The summed E-state index contributed by atoms with van der Waals surface area (Å²) in [5.41, 5.74) is 0. The Bertz CT molecular complexity index is 340. The lowest BCUT2D eigenvalue weighted by Crippen LogP contribution is -2.23. The average Bonchev–Trinajstić information content (AvgIpc) is 3.02. The highest BCUT2D eigenvalue weighted by Gasteiger charge is 2.82. The fraction of sp³-hybridized carbons (Fsp3) is 0.750. The summed E-state index contributed by atoms with van der Waals surface area (Å²) in [6.07, 6.45) is 4.97. The van der Waals surface area contributed by atoms with Crippen molar-refractivity contribution >= 4 is 0 Å². The standard InChI is InChI=1S/C12H11N/c13-3-6-11-7-4-1-2-5(9(7)11)10-8(4)12(6)10/h1-2,4-12H. The summed E-state index contributed by atoms with van der Waals surface area (Å²) >= 11 is 0. The lowest BCUT2D eigenvalue weighted by Gasteiger charge is -2.28. The Labute approximate surface area is 77.4 Å². The molecule has 0 aromatic carbocycles. The van der Waals surface area contributed by atoms with Gasteiger partial charge in [0, 0.05) is 0 Å². The van der Waals surface area contributed by atoms with Gasteiger partial charge in [0.2, 0.25) is 0 Å². The van der Waals surface area contributed by atoms with Crippen LogP contribution in [-0.4, -0.2) is 0 Å². The van der Waals surface area contributed by atoms with E-state index in [1.165, 1.54) is 0 Å². The Morgan fingerprint density at radius 3 is 1.62 bits per heavy atom. The van der Waals surface area contributed by atoms with Crippen LogP contribution in [0.3, 0.4) is 0 Å². The maximum Gasteiger partial charge on any atom is 0.0662 e. The highest BCUT2D eigenvalue weighted by Crippen LogP contribution is 2.85. The van der Waals surface area contributed by atoms with Crippen LogP contribution >= 0.6 is 0 Å². The minimum atomic E-state index is 0.470. The van der Waals surface area contributed by atoms with Gasteiger partial charge in [-0.2, -0.15) is 5.26 Å². The van der Waals surface area contributed by atoms with Crippen LogP contribution in [0.5, 0.6) is 0 Å². The first kappa shape index (κ1) is 5.86. The number of nitriles is 1. The fourth-order valence-corrected chi connectivity index (χ4v) is 5.49. The predicted octanol–water partition coefficient (Wildman–Crippen LogP) is 1.68. The molecule has 7 aliphatic rings. The van der Waals surface area contributed by atoms with Crippen LogP contribution < -0.4 is 0 Å². The van der Waals surface area contributed by atoms with Crippen LogP contribution in [0.25, 0.3) is 0 Å². The van der Waals surface area contributed by atoms with E-state index in [4.69, 9.17) is 5.26 Å². The van der Waals surface area contributed by atoms with E-state index in [2.05, 4.69) is 18.2 Å². The van der Waals surface area contributed by atoms with Crippen LogP contribution in [0, 0.1) is 64.6 Å². The van der Waals surface area contributed by atoms with E-state index < -0.39 is 0 Å². The maximum atomic E-state index is 9.15. The second-order valence-electron chi connectivity index (χ2n) is 5.66. The molecule has 5 fully saturated rings. The van der Waals surface area contributed by atoms with Gasteiger partial charge in [0.05, 0.1) is 12.0 Å². The Balaban J connectivity index is 1.77. The van der Waals surface area contributed by atoms with Gasteiger partial charge in [-0.3, -0.25) is 0 Å². The van der Waals surface area contributed by atoms with Crippen molar-refractivity contribution in [2.75, 3.05) is 0 Å². The van der Waals surface area contributed by atoms with Crippen molar-refractivity contribution in [3.8, 4) is 6.07 Å². The summed E-state index contributed by atoms with van der Waals surface area (Å²) in [5.74, 6) is 7.79. The second kappa shape index (κ2) is 1.38. The zero-order valence-electron chi connectivity index (χ0n) is 7.30. The van der Waals surface area contributed by atoms with Gasteiger partial charge >= 0.3 is 0 Å². The summed E-state index contributed by atoms with van der Waals surface area (Å²) < 4.78 is 0. The number of rotatable bonds is 0. The molecule has 8 bridgehead atoms. The number of hydrogen-bond donors (Lipinski definition) is 0. The molecule has 0 radical (unpaired) electrons. The van der Waals surface area contributed by atoms with Gasteiger partial charge in [-0.25, -0.2) is 0 Å². The van der Waals surface area contributed by atoms with E-state index in [1.54, 1.807) is 0 Å². The minimum Gasteiger partial charge on any atom is -0.198 e. The van der Waals surface area contributed by atoms with Crippen LogP contribution in [0.2, 0.25) is 0 Å². The van der Waals surface area contributed by atoms with Crippen LogP contribution in [-0.2, 0) is 0 Å². The first-order valence-corrected chi connectivity index (χ1v) is 5.51. The first-order chi connectivity index (χ1) is 6.43. The molecule has 0 amide bonds. The number of hydrogen-bond acceptors (Lipinski definition) is 1. The van der Waals surface area contributed by atoms with Gasteiger partial charge in [0.15, 0.2) is 0 Å². The summed E-state index contributed by atoms with van der Waals surface area (Å²) in [4.78, 5) is 0. The summed E-state index contributed by atoms with van der Waals surface area (Å²) in [7, 11) is 0. The van der Waals surface area contributed by atoms with Gasteiger partial charge in [0.1, 0.15) is 0 Å². The highest BCUT2D eigenvalue weighted by molar-refractivity contribution is 5.38. The SMILES string of the molecule is N#CC1C2C3C4C=CC(C23)C2C1C42. The minimum absolute atomic E-state index is 0.470. The normalized spacial score (nSPS) is 77.6. The van der Waals surface area contributed by atoms with Crippen molar-refractivity contribution in [1.29, 1.82) is 5.26 Å². The van der Waals surface area contributed by atoms with Gasteiger partial charge in [-0.05, 0) is 47.3 Å². The molecule has 7 aliphatic carbocycles. The lowest BCUT2D eigenvalue weighted by atomic mass is 9.76. The van der Waals surface area contributed by atoms with E-state index >= 15 is 0 Å². The fourth-order valence-electron chi connectivity index (χ4n) is 5.49. The van der Waals surface area contributed by atoms with Crippen molar-refractivity contribution in [3.63, 3.8) is 0 Å². The molecular weight excluding hydrogens is 158 g/mol. The van der Waals surface area contributed by atoms with E-state index in [0.717, 1.165) is 47.3 Å². The Hall–Kier alpha value is -0.770. The van der Waals surface area contributed by atoms with E-state index in [9.17, 15) is 0 Å². The zero-order valence-corrected chi connectivity index (χ0v) is 7.30. The Morgan fingerprint density at radius 1 is 0.769 bits per heavy atom. The van der Waals surface area contributed by atoms with Crippen LogP contribution in [0.4, 0.5) is 0 Å². The van der Waals surface area contributed by atoms with E-state index in [0.29, 0.717) is 5.92 Å². The van der Waals surface area contributed by atoms with Crippen molar-refractivity contribution in [2.24, 2.45) is 53.3 Å². The molecule has 0 spiro atoms. The molecule has 0 aliphatic heterocycles. The molecule has 0 heterocycles. The van der Waals surface area contributed by atoms with Crippen LogP contribution in [0.1, 0.15) is 0 Å². The lowest BCUT2D eigenvalue weighted by molar-refractivity contribution is 0.290. The molecule has 5 saturated carbocycles. The predicted molar refractivity (Wildman–Crippen MR) is 46.2 cm³/mol. The third-order valence-corrected chi connectivity index (χ3v) is 5.70. The molecule has 7 rings (SSSR count). The van der Waals surface area contributed by atoms with Gasteiger partial charge < -0.3 is 0 Å². The molecule has 13 heavy (non-hydrogen) atoms. The van der Waals surface area contributed by atoms with E-state index in [-0.39, 0.29) is 0 Å². The average molecular weight is 169 g/mol. The maximum absolute atomic E-state index is 9.15. The van der Waals surface area contributed by atoms with E-state index in [1.807, 2.05) is 0 Å². The number of nitrogens with zero attached hydrogens (tertiary/aromatic N) is 1. The Morgan fingerprint density at radius 2 is 1.23 bits per heavy atom. The molecule has 0 aromatic rings. The largest absolute Gasteiger partial charge is 0.198 e. The number of allylic oxidation sites excluding steroid dienone is 2. The molecule has 0 saturated heterocycles. The molecule has 4 unspecified atom stereocenters. The topological polar surface area (TPSA) is 23.8 Å². The Kier molecular flexibility index (Phi) is 0.620. The molecule has 1 heteroatoms. The molecular formula is C12H11N. The summed E-state index contributed by atoms with van der Waals surface area (Å²) in [6.45, 7) is 0. The zero-order chi connectivity index (χ0) is 8.32. The molecule has 0 N–H and O–H groups in total. The van der Waals surface area contributed by atoms with Crippen molar-refractivity contribution in [1.82, 2.24) is 0 Å². The van der Waals surface area contributed by atoms with Crippen molar-refractivity contribution in [2.45, 2.75) is 0 Å². The molecule has 0 aromatic heterocycles. The second-order valence-corrected chi connectivity index (χ2v) is 5.66. The summed E-state index contributed by atoms with van der Waals surface area (Å²) in [5, 5.41) is 9.15. The quantitative estimate of drug-likeness (QED) is 0.506. The van der Waals surface area contributed by atoms with Crippen LogP contribution in [0.15, 0.2) is 12.2 Å². The van der Waals surface area contributed by atoms with Gasteiger partial charge in [0.25, 0.3) is 0 Å². The molecule has 1 nitrogen and oxygen atoms in total. The smallest absolute Gasteiger partial charge is 0.0662 e. The molecule has 4 atom stereocenters. The van der Waals surface area contributed by atoms with Gasteiger partial charge in [-0.1, -0.05) is 12.2 Å². The third-order valence-electron chi connectivity index (χ3n) is 5.70. The summed E-state index contributed by atoms with van der Waals surface area (Å²) in [6, 6.07) is 2.59. The first-order valence-electron chi connectivity index (χ1n) is 5.51. The third kappa shape index (κ3) is 0.379.